The number of benzene rings is 2. The van der Waals surface area contributed by atoms with Gasteiger partial charge in [0.25, 0.3) is 0 Å². The quantitative estimate of drug-likeness (QED) is 0.0717. The SMILES string of the molecule is Cc1ccc(OC(=O)CCCCCCOC(=O)C(C)CC(C(=O)OC(C)C)C(C)C(=O)OC(C)C)c(-n2nc3ccccc3n2)c1. The summed E-state index contributed by atoms with van der Waals surface area (Å²) >= 11 is 0. The molecule has 0 radical (unpaired) electrons. The molecule has 11 nitrogen and oxygen atoms in total. The number of aryl methyl sites for hydroxylation is 1. The first-order chi connectivity index (χ1) is 21.8. The third-order valence-electron chi connectivity index (χ3n) is 7.35. The van der Waals surface area contributed by atoms with Crippen LogP contribution in [0.5, 0.6) is 5.75 Å². The highest BCUT2D eigenvalue weighted by Gasteiger charge is 2.36. The second-order valence-corrected chi connectivity index (χ2v) is 12.3. The molecule has 0 fully saturated rings. The summed E-state index contributed by atoms with van der Waals surface area (Å²) in [5, 5.41) is 9.03. The first-order valence-electron chi connectivity index (χ1n) is 16.1. The van der Waals surface area contributed by atoms with Crippen molar-refractivity contribution in [2.24, 2.45) is 17.8 Å². The Bertz CT molecular complexity index is 1450. The zero-order valence-electron chi connectivity index (χ0n) is 28.0. The fraction of sp³-hybridized carbons (Fsp3) is 0.543. The molecule has 250 valence electrons. The number of carbonyl (C=O) groups is 4. The van der Waals surface area contributed by atoms with Gasteiger partial charge in [0, 0.05) is 6.42 Å². The molecule has 1 aromatic heterocycles. The highest BCUT2D eigenvalue weighted by Crippen LogP contribution is 2.27. The molecule has 0 aliphatic carbocycles. The van der Waals surface area contributed by atoms with E-state index in [-0.39, 0.29) is 37.6 Å². The molecule has 0 amide bonds. The van der Waals surface area contributed by atoms with E-state index in [0.717, 1.165) is 29.4 Å². The van der Waals surface area contributed by atoms with E-state index < -0.39 is 35.7 Å². The predicted molar refractivity (Wildman–Crippen MR) is 172 cm³/mol. The fourth-order valence-corrected chi connectivity index (χ4v) is 4.86. The van der Waals surface area contributed by atoms with Gasteiger partial charge in [0.2, 0.25) is 0 Å². The van der Waals surface area contributed by atoms with Crippen LogP contribution in [0.3, 0.4) is 0 Å². The van der Waals surface area contributed by atoms with Crippen molar-refractivity contribution in [2.75, 3.05) is 6.61 Å². The summed E-state index contributed by atoms with van der Waals surface area (Å²) in [6.45, 7) is 12.4. The average molecular weight is 638 g/mol. The molecule has 2 aromatic carbocycles. The van der Waals surface area contributed by atoms with Gasteiger partial charge < -0.3 is 18.9 Å². The van der Waals surface area contributed by atoms with Crippen LogP contribution in [-0.2, 0) is 33.4 Å². The van der Waals surface area contributed by atoms with E-state index in [1.54, 1.807) is 47.6 Å². The van der Waals surface area contributed by atoms with Gasteiger partial charge in [-0.15, -0.1) is 15.0 Å². The Morgan fingerprint density at radius 2 is 1.37 bits per heavy atom. The van der Waals surface area contributed by atoms with E-state index in [1.165, 1.54) is 4.80 Å². The summed E-state index contributed by atoms with van der Waals surface area (Å²) in [5.41, 5.74) is 3.07. The lowest BCUT2D eigenvalue weighted by Gasteiger charge is -2.25. The summed E-state index contributed by atoms with van der Waals surface area (Å²) in [6.07, 6.45) is 2.44. The van der Waals surface area contributed by atoms with Crippen molar-refractivity contribution in [3.63, 3.8) is 0 Å². The molecule has 0 aliphatic rings. The van der Waals surface area contributed by atoms with Crippen LogP contribution in [0.25, 0.3) is 16.7 Å². The summed E-state index contributed by atoms with van der Waals surface area (Å²) in [7, 11) is 0. The number of nitrogens with zero attached hydrogens (tertiary/aromatic N) is 3. The minimum atomic E-state index is -0.831. The highest BCUT2D eigenvalue weighted by atomic mass is 16.6. The van der Waals surface area contributed by atoms with Gasteiger partial charge in [-0.25, -0.2) is 0 Å². The molecule has 0 saturated heterocycles. The Kier molecular flexibility index (Phi) is 13.7. The van der Waals surface area contributed by atoms with Crippen molar-refractivity contribution in [3.8, 4) is 11.4 Å². The van der Waals surface area contributed by atoms with Gasteiger partial charge in [-0.1, -0.05) is 44.9 Å². The van der Waals surface area contributed by atoms with Gasteiger partial charge >= 0.3 is 23.9 Å². The van der Waals surface area contributed by atoms with Crippen LogP contribution in [-0.4, -0.2) is 57.7 Å². The molecule has 0 bridgehead atoms. The summed E-state index contributed by atoms with van der Waals surface area (Å²) < 4.78 is 21.8. The molecule has 46 heavy (non-hydrogen) atoms. The molecule has 1 heterocycles. The van der Waals surface area contributed by atoms with Crippen LogP contribution >= 0.6 is 0 Å². The van der Waals surface area contributed by atoms with Crippen molar-refractivity contribution in [1.29, 1.82) is 0 Å². The molecule has 3 aromatic rings. The normalized spacial score (nSPS) is 13.3. The number of unbranched alkanes of at least 4 members (excludes halogenated alkanes) is 3. The van der Waals surface area contributed by atoms with Gasteiger partial charge in [-0.3, -0.25) is 19.2 Å². The Balaban J connectivity index is 1.41. The number of carbonyl (C=O) groups excluding carboxylic acids is 4. The van der Waals surface area contributed by atoms with E-state index in [2.05, 4.69) is 10.2 Å². The van der Waals surface area contributed by atoms with E-state index in [0.29, 0.717) is 24.3 Å². The highest BCUT2D eigenvalue weighted by molar-refractivity contribution is 5.83. The van der Waals surface area contributed by atoms with E-state index in [1.807, 2.05) is 43.3 Å². The summed E-state index contributed by atoms with van der Waals surface area (Å²) in [6, 6.07) is 13.0. The lowest BCUT2D eigenvalue weighted by Crippen LogP contribution is -2.35. The van der Waals surface area contributed by atoms with Gasteiger partial charge in [-0.2, -0.15) is 0 Å². The van der Waals surface area contributed by atoms with E-state index >= 15 is 0 Å². The number of rotatable bonds is 17. The number of esters is 4. The molecular formula is C35H47N3O8. The largest absolute Gasteiger partial charge is 0.465 e. The van der Waals surface area contributed by atoms with Crippen LogP contribution in [0, 0.1) is 24.7 Å². The zero-order chi connectivity index (χ0) is 33.8. The summed E-state index contributed by atoms with van der Waals surface area (Å²) in [4.78, 5) is 52.1. The minimum absolute atomic E-state index is 0.108. The standard InChI is InChI=1S/C35H47N3O8/c1-22(2)44-34(41)26(7)27(35(42)45-23(3)4)21-25(6)33(40)43-19-13-9-8-10-16-32(39)46-31-18-17-24(5)20-30(31)38-36-28-14-11-12-15-29(28)37-38/h11-12,14-15,17-18,20,22-23,25-27H,8-10,13,16,19,21H2,1-7H3. The lowest BCUT2D eigenvalue weighted by molar-refractivity contribution is -0.166. The predicted octanol–water partition coefficient (Wildman–Crippen LogP) is 6.31. The number of fused-ring (bicyclic) bond motifs is 1. The average Bonchev–Trinajstić information content (AvgIpc) is 3.43. The lowest BCUT2D eigenvalue weighted by atomic mass is 9.85. The Morgan fingerprint density at radius 1 is 0.761 bits per heavy atom. The van der Waals surface area contributed by atoms with Crippen LogP contribution < -0.4 is 4.74 Å². The number of hydrogen-bond donors (Lipinski definition) is 0. The van der Waals surface area contributed by atoms with Crippen molar-refractivity contribution >= 4 is 34.9 Å². The molecule has 0 spiro atoms. The van der Waals surface area contributed by atoms with Crippen molar-refractivity contribution < 1.29 is 38.1 Å². The molecule has 3 atom stereocenters. The third-order valence-corrected chi connectivity index (χ3v) is 7.35. The maximum Gasteiger partial charge on any atom is 0.311 e. The molecule has 0 N–H and O–H groups in total. The van der Waals surface area contributed by atoms with E-state index in [9.17, 15) is 19.2 Å². The molecule has 11 heteroatoms. The smallest absolute Gasteiger partial charge is 0.311 e. The van der Waals surface area contributed by atoms with Crippen LogP contribution in [0.4, 0.5) is 0 Å². The zero-order valence-corrected chi connectivity index (χ0v) is 28.0. The molecule has 3 rings (SSSR count). The van der Waals surface area contributed by atoms with Gasteiger partial charge in [0.15, 0.2) is 5.75 Å². The molecule has 0 saturated carbocycles. The monoisotopic (exact) mass is 637 g/mol. The Morgan fingerprint density at radius 3 is 2.00 bits per heavy atom. The first-order valence-corrected chi connectivity index (χ1v) is 16.1. The Labute approximate surface area is 270 Å². The fourth-order valence-electron chi connectivity index (χ4n) is 4.86. The van der Waals surface area contributed by atoms with Crippen LogP contribution in [0.1, 0.15) is 85.6 Å². The van der Waals surface area contributed by atoms with Crippen molar-refractivity contribution in [3.05, 3.63) is 48.0 Å². The first kappa shape index (κ1) is 36.2. The van der Waals surface area contributed by atoms with Crippen LogP contribution in [0.15, 0.2) is 42.5 Å². The van der Waals surface area contributed by atoms with Gasteiger partial charge in [0.1, 0.15) is 16.7 Å². The molecule has 3 unspecified atom stereocenters. The number of aromatic nitrogens is 3. The van der Waals surface area contributed by atoms with Gasteiger partial charge in [0.05, 0.1) is 36.6 Å². The van der Waals surface area contributed by atoms with Gasteiger partial charge in [-0.05, 0) is 83.7 Å². The van der Waals surface area contributed by atoms with Crippen LogP contribution in [0.2, 0.25) is 0 Å². The topological polar surface area (TPSA) is 136 Å². The third kappa shape index (κ3) is 11.0. The maximum absolute atomic E-state index is 12.8. The number of hydrogen-bond acceptors (Lipinski definition) is 10. The van der Waals surface area contributed by atoms with E-state index in [4.69, 9.17) is 18.9 Å². The molecule has 0 aliphatic heterocycles. The molecular weight excluding hydrogens is 590 g/mol. The summed E-state index contributed by atoms with van der Waals surface area (Å²) in [5.74, 6) is -3.65. The second kappa shape index (κ2) is 17.4. The second-order valence-electron chi connectivity index (χ2n) is 12.3. The number of ether oxygens (including phenoxy) is 4. The van der Waals surface area contributed by atoms with Crippen molar-refractivity contribution in [1.82, 2.24) is 15.0 Å². The van der Waals surface area contributed by atoms with Crippen molar-refractivity contribution in [2.45, 2.75) is 99.2 Å². The maximum atomic E-state index is 12.8. The minimum Gasteiger partial charge on any atom is -0.465 e. The Hall–Kier alpha value is -4.28.